The average Bonchev–Trinajstić information content (AvgIpc) is 2.58. The van der Waals surface area contributed by atoms with Crippen LogP contribution in [0.15, 0.2) is 0 Å². The summed E-state index contributed by atoms with van der Waals surface area (Å²) in [4.78, 5) is 12.1. The minimum atomic E-state index is 0.155. The molecule has 0 aromatic carbocycles. The van der Waals surface area contributed by atoms with Crippen LogP contribution in [0.3, 0.4) is 0 Å². The van der Waals surface area contributed by atoms with E-state index in [1.165, 1.54) is 12.8 Å². The lowest BCUT2D eigenvalue weighted by atomic mass is 10.0. The molecule has 0 aromatic heterocycles. The monoisotopic (exact) mass is 238 g/mol. The number of hydrogen-bond donors (Lipinski definition) is 2. The average molecular weight is 238 g/mol. The van der Waals surface area contributed by atoms with Gasteiger partial charge in [0.1, 0.15) is 0 Å². The van der Waals surface area contributed by atoms with Gasteiger partial charge in [0.05, 0.1) is 0 Å². The molecule has 0 bridgehead atoms. The van der Waals surface area contributed by atoms with Crippen molar-refractivity contribution in [2.75, 3.05) is 13.1 Å². The Bertz CT molecular complexity index is 289. The SMILES string of the molecule is CC1(C)C(C(=O)NCCC2CCCN2)C1(C)C. The molecule has 1 heterocycles. The lowest BCUT2D eigenvalue weighted by molar-refractivity contribution is -0.123. The van der Waals surface area contributed by atoms with Crippen molar-refractivity contribution in [1.29, 1.82) is 0 Å². The summed E-state index contributed by atoms with van der Waals surface area (Å²) in [5, 5.41) is 6.56. The quantitative estimate of drug-likeness (QED) is 0.786. The molecule has 3 nitrogen and oxygen atoms in total. The molecule has 0 spiro atoms. The highest BCUT2D eigenvalue weighted by Gasteiger charge is 2.68. The molecule has 0 aromatic rings. The number of amides is 1. The second kappa shape index (κ2) is 4.27. The molecule has 1 saturated heterocycles. The van der Waals surface area contributed by atoms with Crippen molar-refractivity contribution in [3.05, 3.63) is 0 Å². The summed E-state index contributed by atoms with van der Waals surface area (Å²) in [6.45, 7) is 10.7. The summed E-state index contributed by atoms with van der Waals surface area (Å²) in [6, 6.07) is 0.621. The number of nitrogens with one attached hydrogen (secondary N) is 2. The van der Waals surface area contributed by atoms with Crippen LogP contribution in [-0.2, 0) is 4.79 Å². The fraction of sp³-hybridized carbons (Fsp3) is 0.929. The maximum Gasteiger partial charge on any atom is 0.224 e. The van der Waals surface area contributed by atoms with E-state index >= 15 is 0 Å². The molecule has 98 valence electrons. The minimum Gasteiger partial charge on any atom is -0.356 e. The zero-order valence-corrected chi connectivity index (χ0v) is 11.6. The lowest BCUT2D eigenvalue weighted by Crippen LogP contribution is -2.32. The molecule has 1 unspecified atom stereocenters. The molecule has 2 fully saturated rings. The van der Waals surface area contributed by atoms with E-state index in [4.69, 9.17) is 0 Å². The van der Waals surface area contributed by atoms with E-state index in [1.807, 2.05) is 0 Å². The van der Waals surface area contributed by atoms with E-state index in [2.05, 4.69) is 38.3 Å². The Hall–Kier alpha value is -0.570. The summed E-state index contributed by atoms with van der Waals surface area (Å²) in [5.41, 5.74) is 0.311. The molecular weight excluding hydrogens is 212 g/mol. The molecular formula is C14H26N2O. The van der Waals surface area contributed by atoms with Gasteiger partial charge in [0.15, 0.2) is 0 Å². The van der Waals surface area contributed by atoms with Crippen LogP contribution in [0.2, 0.25) is 0 Å². The van der Waals surface area contributed by atoms with Gasteiger partial charge in [0.2, 0.25) is 5.91 Å². The summed E-state index contributed by atoms with van der Waals surface area (Å²) in [7, 11) is 0. The third-order valence-electron chi connectivity index (χ3n) is 5.24. The van der Waals surface area contributed by atoms with Gasteiger partial charge in [0.25, 0.3) is 0 Å². The van der Waals surface area contributed by atoms with Gasteiger partial charge in [-0.15, -0.1) is 0 Å². The first-order chi connectivity index (χ1) is 7.87. The van der Waals surface area contributed by atoms with Crippen LogP contribution in [0.1, 0.15) is 47.0 Å². The normalized spacial score (nSPS) is 30.2. The summed E-state index contributed by atoms with van der Waals surface area (Å²) in [6.07, 6.45) is 3.61. The van der Waals surface area contributed by atoms with E-state index in [9.17, 15) is 4.79 Å². The number of rotatable bonds is 4. The fourth-order valence-corrected chi connectivity index (χ4v) is 3.33. The molecule has 0 radical (unpaired) electrons. The van der Waals surface area contributed by atoms with Crippen LogP contribution in [0.5, 0.6) is 0 Å². The first kappa shape index (κ1) is 12.9. The molecule has 17 heavy (non-hydrogen) atoms. The van der Waals surface area contributed by atoms with E-state index in [0.717, 1.165) is 19.5 Å². The van der Waals surface area contributed by atoms with E-state index in [1.54, 1.807) is 0 Å². The number of carbonyl (C=O) groups excluding carboxylic acids is 1. The van der Waals surface area contributed by atoms with Gasteiger partial charge >= 0.3 is 0 Å². The van der Waals surface area contributed by atoms with Crippen molar-refractivity contribution in [3.63, 3.8) is 0 Å². The first-order valence-electron chi connectivity index (χ1n) is 6.88. The van der Waals surface area contributed by atoms with Crippen molar-refractivity contribution in [1.82, 2.24) is 10.6 Å². The third kappa shape index (κ3) is 2.22. The van der Waals surface area contributed by atoms with Crippen LogP contribution in [-0.4, -0.2) is 25.0 Å². The van der Waals surface area contributed by atoms with Crippen LogP contribution in [0.25, 0.3) is 0 Å². The predicted molar refractivity (Wildman–Crippen MR) is 69.7 cm³/mol. The van der Waals surface area contributed by atoms with Crippen LogP contribution >= 0.6 is 0 Å². The van der Waals surface area contributed by atoms with Gasteiger partial charge in [-0.3, -0.25) is 4.79 Å². The topological polar surface area (TPSA) is 41.1 Å². The highest BCUT2D eigenvalue weighted by molar-refractivity contribution is 5.84. The maximum atomic E-state index is 12.1. The Morgan fingerprint density at radius 1 is 1.29 bits per heavy atom. The molecule has 2 aliphatic rings. The molecule has 1 atom stereocenters. The molecule has 1 amide bonds. The van der Waals surface area contributed by atoms with Gasteiger partial charge in [0, 0.05) is 18.5 Å². The molecule has 3 heteroatoms. The second-order valence-corrected chi connectivity index (χ2v) is 6.75. The Morgan fingerprint density at radius 3 is 2.41 bits per heavy atom. The van der Waals surface area contributed by atoms with Crippen molar-refractivity contribution < 1.29 is 4.79 Å². The molecule has 1 aliphatic heterocycles. The van der Waals surface area contributed by atoms with Crippen LogP contribution < -0.4 is 10.6 Å². The fourth-order valence-electron chi connectivity index (χ4n) is 3.33. The van der Waals surface area contributed by atoms with Crippen molar-refractivity contribution in [3.8, 4) is 0 Å². The molecule has 1 saturated carbocycles. The van der Waals surface area contributed by atoms with Crippen molar-refractivity contribution in [2.45, 2.75) is 53.0 Å². The lowest BCUT2D eigenvalue weighted by Gasteiger charge is -2.11. The smallest absolute Gasteiger partial charge is 0.224 e. The molecule has 2 rings (SSSR count). The second-order valence-electron chi connectivity index (χ2n) is 6.75. The largest absolute Gasteiger partial charge is 0.356 e. The standard InChI is InChI=1S/C14H26N2O/c1-13(2)11(14(13,3)4)12(17)16-9-7-10-6-5-8-15-10/h10-11,15H,5-9H2,1-4H3,(H,16,17). The summed E-state index contributed by atoms with van der Waals surface area (Å²) in [5.74, 6) is 0.435. The van der Waals surface area contributed by atoms with Crippen LogP contribution in [0, 0.1) is 16.7 Å². The minimum absolute atomic E-state index is 0.155. The van der Waals surface area contributed by atoms with Gasteiger partial charge < -0.3 is 10.6 Å². The van der Waals surface area contributed by atoms with Gasteiger partial charge in [-0.2, -0.15) is 0 Å². The van der Waals surface area contributed by atoms with E-state index in [-0.39, 0.29) is 22.7 Å². The highest BCUT2D eigenvalue weighted by Crippen LogP contribution is 2.68. The number of hydrogen-bond acceptors (Lipinski definition) is 2. The Labute approximate surface area is 105 Å². The zero-order valence-electron chi connectivity index (χ0n) is 11.6. The van der Waals surface area contributed by atoms with Gasteiger partial charge in [-0.05, 0) is 36.6 Å². The van der Waals surface area contributed by atoms with Gasteiger partial charge in [-0.1, -0.05) is 27.7 Å². The number of carbonyl (C=O) groups is 1. The van der Waals surface area contributed by atoms with Crippen molar-refractivity contribution >= 4 is 5.91 Å². The Balaban J connectivity index is 1.72. The molecule has 1 aliphatic carbocycles. The van der Waals surface area contributed by atoms with E-state index in [0.29, 0.717) is 6.04 Å². The Morgan fingerprint density at radius 2 is 1.94 bits per heavy atom. The zero-order chi connectivity index (χ0) is 12.7. The summed E-state index contributed by atoms with van der Waals surface area (Å²) >= 11 is 0. The first-order valence-corrected chi connectivity index (χ1v) is 6.88. The predicted octanol–water partition coefficient (Wildman–Crippen LogP) is 1.93. The van der Waals surface area contributed by atoms with Crippen molar-refractivity contribution in [2.24, 2.45) is 16.7 Å². The van der Waals surface area contributed by atoms with E-state index < -0.39 is 0 Å². The van der Waals surface area contributed by atoms with Crippen LogP contribution in [0.4, 0.5) is 0 Å². The van der Waals surface area contributed by atoms with Gasteiger partial charge in [-0.25, -0.2) is 0 Å². The Kier molecular flexibility index (Phi) is 3.23. The highest BCUT2D eigenvalue weighted by atomic mass is 16.2. The molecule has 2 N–H and O–H groups in total. The maximum absolute atomic E-state index is 12.1. The summed E-state index contributed by atoms with van der Waals surface area (Å²) < 4.78 is 0. The third-order valence-corrected chi connectivity index (χ3v) is 5.24.